The van der Waals surface area contributed by atoms with Crippen molar-refractivity contribution in [3.63, 3.8) is 0 Å². The van der Waals surface area contributed by atoms with Gasteiger partial charge in [0, 0.05) is 11.1 Å². The maximum absolute atomic E-state index is 11.2. The number of aryl methyl sites for hydroxylation is 1. The van der Waals surface area contributed by atoms with E-state index in [0.717, 1.165) is 11.1 Å². The van der Waals surface area contributed by atoms with Crippen molar-refractivity contribution in [1.29, 1.82) is 0 Å². The Kier molecular flexibility index (Phi) is 5.37. The Hall–Kier alpha value is -1.77. The van der Waals surface area contributed by atoms with Crippen molar-refractivity contribution in [2.24, 2.45) is 0 Å². The number of hydrogen-bond acceptors (Lipinski definition) is 3. The third-order valence-electron chi connectivity index (χ3n) is 3.02. The highest BCUT2D eigenvalue weighted by atomic mass is 16.5. The zero-order valence-corrected chi connectivity index (χ0v) is 12.7. The predicted molar refractivity (Wildman–Crippen MR) is 79.7 cm³/mol. The van der Waals surface area contributed by atoms with Crippen molar-refractivity contribution in [3.8, 4) is 5.75 Å². The zero-order chi connectivity index (χ0) is 15.3. The van der Waals surface area contributed by atoms with Crippen LogP contribution >= 0.6 is 0 Å². The van der Waals surface area contributed by atoms with Crippen LogP contribution < -0.4 is 0 Å². The van der Waals surface area contributed by atoms with Crippen LogP contribution in [0.15, 0.2) is 24.3 Å². The number of ether oxygens (including phenoxy) is 1. The van der Waals surface area contributed by atoms with E-state index in [0.29, 0.717) is 30.8 Å². The van der Waals surface area contributed by atoms with E-state index in [2.05, 4.69) is 12.6 Å². The molecule has 1 aromatic rings. The van der Waals surface area contributed by atoms with Gasteiger partial charge in [0.15, 0.2) is 0 Å². The largest absolute Gasteiger partial charge is 0.507 e. The lowest BCUT2D eigenvalue weighted by molar-refractivity contribution is -0.139. The van der Waals surface area contributed by atoms with Crippen LogP contribution in [0, 0.1) is 6.07 Å². The van der Waals surface area contributed by atoms with Gasteiger partial charge < -0.3 is 9.84 Å². The highest BCUT2D eigenvalue weighted by molar-refractivity contribution is 5.86. The molecule has 0 heterocycles. The van der Waals surface area contributed by atoms with E-state index in [4.69, 9.17) is 4.74 Å². The van der Waals surface area contributed by atoms with Crippen molar-refractivity contribution in [3.05, 3.63) is 41.5 Å². The third kappa shape index (κ3) is 4.41. The molecule has 0 saturated carbocycles. The molecule has 0 aliphatic carbocycles. The van der Waals surface area contributed by atoms with Gasteiger partial charge in [-0.15, -0.1) is 0 Å². The molecule has 0 saturated heterocycles. The molecule has 1 aromatic carbocycles. The first kappa shape index (κ1) is 16.3. The third-order valence-corrected chi connectivity index (χ3v) is 3.02. The molecule has 1 N–H and O–H groups in total. The summed E-state index contributed by atoms with van der Waals surface area (Å²) in [5, 5.41) is 10.3. The van der Waals surface area contributed by atoms with E-state index in [1.807, 2.05) is 26.8 Å². The number of carbonyl (C=O) groups is 1. The van der Waals surface area contributed by atoms with Crippen LogP contribution in [0.3, 0.4) is 0 Å². The van der Waals surface area contributed by atoms with E-state index in [-0.39, 0.29) is 11.4 Å². The lowest BCUT2D eigenvalue weighted by Crippen LogP contribution is -2.12. The molecule has 0 aliphatic heterocycles. The quantitative estimate of drug-likeness (QED) is 0.508. The molecule has 0 aromatic heterocycles. The standard InChI is InChI=1S/C17H23O3/c1-12(2)16(19)20-11-7-9-13-8-6-10-14(15(13)18)17(3,4)5/h8,10,18H,1,7,9,11H2,2-5H3. The van der Waals surface area contributed by atoms with Gasteiger partial charge in [0.05, 0.1) is 6.61 Å². The first-order valence-corrected chi connectivity index (χ1v) is 6.78. The summed E-state index contributed by atoms with van der Waals surface area (Å²) in [5.74, 6) is -0.0493. The van der Waals surface area contributed by atoms with Crippen molar-refractivity contribution >= 4 is 5.97 Å². The van der Waals surface area contributed by atoms with E-state index in [1.54, 1.807) is 13.0 Å². The molecule has 0 aliphatic rings. The molecule has 20 heavy (non-hydrogen) atoms. The van der Waals surface area contributed by atoms with Gasteiger partial charge in [-0.2, -0.15) is 0 Å². The number of rotatable bonds is 5. The first-order valence-electron chi connectivity index (χ1n) is 6.78. The summed E-state index contributed by atoms with van der Waals surface area (Å²) >= 11 is 0. The topological polar surface area (TPSA) is 46.5 Å². The fourth-order valence-electron chi connectivity index (χ4n) is 1.85. The number of phenols is 1. The summed E-state index contributed by atoms with van der Waals surface area (Å²) in [4.78, 5) is 11.2. The number of carbonyl (C=O) groups excluding carboxylic acids is 1. The van der Waals surface area contributed by atoms with Gasteiger partial charge in [0.2, 0.25) is 0 Å². The van der Waals surface area contributed by atoms with Crippen molar-refractivity contribution in [2.75, 3.05) is 6.61 Å². The van der Waals surface area contributed by atoms with Gasteiger partial charge in [-0.25, -0.2) is 4.79 Å². The minimum atomic E-state index is -0.371. The van der Waals surface area contributed by atoms with Gasteiger partial charge in [-0.1, -0.05) is 27.4 Å². The molecule has 0 bridgehead atoms. The van der Waals surface area contributed by atoms with E-state index < -0.39 is 0 Å². The van der Waals surface area contributed by atoms with Crippen LogP contribution in [0.4, 0.5) is 0 Å². The average molecular weight is 275 g/mol. The fourth-order valence-corrected chi connectivity index (χ4v) is 1.85. The van der Waals surface area contributed by atoms with Crippen LogP contribution in [0.2, 0.25) is 0 Å². The van der Waals surface area contributed by atoms with Gasteiger partial charge in [-0.05, 0) is 48.9 Å². The summed E-state index contributed by atoms with van der Waals surface area (Å²) in [7, 11) is 0. The molecule has 3 heteroatoms. The number of aromatic hydroxyl groups is 1. The Morgan fingerprint density at radius 1 is 1.40 bits per heavy atom. The summed E-state index contributed by atoms with van der Waals surface area (Å²) in [6, 6.07) is 6.67. The van der Waals surface area contributed by atoms with Crippen LogP contribution in [0.25, 0.3) is 0 Å². The van der Waals surface area contributed by atoms with Crippen LogP contribution in [-0.4, -0.2) is 17.7 Å². The lowest BCUT2D eigenvalue weighted by Gasteiger charge is -2.21. The SMILES string of the molecule is C=C(C)C(=O)OCCCc1c[c]cc(C(C)(C)C)c1O. The Balaban J connectivity index is 2.62. The summed E-state index contributed by atoms with van der Waals surface area (Å²) < 4.78 is 5.03. The molecular formula is C17H23O3. The molecule has 3 nitrogen and oxygen atoms in total. The summed E-state index contributed by atoms with van der Waals surface area (Å²) in [6.07, 6.45) is 1.31. The Morgan fingerprint density at radius 2 is 2.05 bits per heavy atom. The molecule has 0 unspecified atom stereocenters. The van der Waals surface area contributed by atoms with Gasteiger partial charge in [-0.3, -0.25) is 0 Å². The maximum atomic E-state index is 11.2. The number of hydrogen-bond donors (Lipinski definition) is 1. The molecular weight excluding hydrogens is 252 g/mol. The minimum absolute atomic E-state index is 0.122. The Morgan fingerprint density at radius 3 is 2.60 bits per heavy atom. The number of esters is 1. The van der Waals surface area contributed by atoms with Gasteiger partial charge >= 0.3 is 5.97 Å². The second-order valence-corrected chi connectivity index (χ2v) is 6.01. The number of benzene rings is 1. The van der Waals surface area contributed by atoms with E-state index >= 15 is 0 Å². The molecule has 0 amide bonds. The molecule has 109 valence electrons. The second kappa shape index (κ2) is 6.60. The number of phenolic OH excluding ortho intramolecular Hbond substituents is 1. The van der Waals surface area contributed by atoms with E-state index in [9.17, 15) is 9.90 Å². The summed E-state index contributed by atoms with van der Waals surface area (Å²) in [5.41, 5.74) is 2.00. The van der Waals surface area contributed by atoms with Crippen LogP contribution in [0.5, 0.6) is 5.75 Å². The maximum Gasteiger partial charge on any atom is 0.333 e. The average Bonchev–Trinajstić information content (AvgIpc) is 2.34. The van der Waals surface area contributed by atoms with Crippen LogP contribution in [-0.2, 0) is 21.4 Å². The van der Waals surface area contributed by atoms with Crippen molar-refractivity contribution < 1.29 is 14.6 Å². The van der Waals surface area contributed by atoms with Crippen molar-refractivity contribution in [1.82, 2.24) is 0 Å². The molecule has 1 radical (unpaired) electrons. The highest BCUT2D eigenvalue weighted by Gasteiger charge is 2.19. The highest BCUT2D eigenvalue weighted by Crippen LogP contribution is 2.33. The molecule has 0 atom stereocenters. The Bertz CT molecular complexity index is 495. The first-order chi connectivity index (χ1) is 9.23. The molecule has 0 spiro atoms. The smallest absolute Gasteiger partial charge is 0.333 e. The van der Waals surface area contributed by atoms with Gasteiger partial charge in [0.25, 0.3) is 0 Å². The van der Waals surface area contributed by atoms with Crippen molar-refractivity contribution in [2.45, 2.75) is 46.0 Å². The molecule has 1 rings (SSSR count). The summed E-state index contributed by atoms with van der Waals surface area (Å²) in [6.45, 7) is 11.6. The molecule has 0 fully saturated rings. The van der Waals surface area contributed by atoms with Crippen LogP contribution in [0.1, 0.15) is 45.2 Å². The minimum Gasteiger partial charge on any atom is -0.507 e. The predicted octanol–water partition coefficient (Wildman–Crippen LogP) is 3.54. The Labute approximate surface area is 121 Å². The second-order valence-electron chi connectivity index (χ2n) is 6.01. The normalized spacial score (nSPS) is 11.2. The lowest BCUT2D eigenvalue weighted by atomic mass is 9.85. The zero-order valence-electron chi connectivity index (χ0n) is 12.7. The monoisotopic (exact) mass is 275 g/mol. The fraction of sp³-hybridized carbons (Fsp3) is 0.471. The van der Waals surface area contributed by atoms with Gasteiger partial charge in [0.1, 0.15) is 5.75 Å². The van der Waals surface area contributed by atoms with E-state index in [1.165, 1.54) is 0 Å².